The molecule has 0 saturated carbocycles. The van der Waals surface area contributed by atoms with Crippen molar-refractivity contribution in [2.45, 2.75) is 17.4 Å². The van der Waals surface area contributed by atoms with Gasteiger partial charge in [0.05, 0.1) is 20.7 Å². The Morgan fingerprint density at radius 3 is 2.67 bits per heavy atom. The Morgan fingerprint density at radius 1 is 1.19 bits per heavy atom. The molecule has 3 rings (SSSR count). The highest BCUT2D eigenvalue weighted by molar-refractivity contribution is 7.93. The molecule has 0 amide bonds. The van der Waals surface area contributed by atoms with Gasteiger partial charge in [-0.1, -0.05) is 30.3 Å². The number of ketones is 1. The van der Waals surface area contributed by atoms with Crippen molar-refractivity contribution >= 4 is 17.7 Å². The molecular formula is C16H11N2O2S+. The molecule has 1 aliphatic heterocycles. The Labute approximate surface area is 126 Å². The van der Waals surface area contributed by atoms with E-state index in [9.17, 15) is 9.70 Å². The minimum Gasteiger partial charge on any atom is -0.286 e. The number of hydrogen-bond donors (Lipinski definition) is 0. The summed E-state index contributed by atoms with van der Waals surface area (Å²) in [4.78, 5) is 25.3. The molecule has 4 nitrogen and oxygen atoms in total. The van der Waals surface area contributed by atoms with Gasteiger partial charge in [-0.05, 0) is 23.8 Å². The normalized spacial score (nSPS) is 17.2. The lowest BCUT2D eigenvalue weighted by Gasteiger charge is -2.14. The van der Waals surface area contributed by atoms with E-state index in [1.807, 2.05) is 36.4 Å². The third-order valence-electron chi connectivity index (χ3n) is 3.39. The summed E-state index contributed by atoms with van der Waals surface area (Å²) in [5, 5.41) is 8.94. The molecule has 5 heteroatoms. The Morgan fingerprint density at radius 2 is 1.95 bits per heavy atom. The molecule has 0 N–H and O–H groups in total. The zero-order valence-electron chi connectivity index (χ0n) is 11.0. The highest BCUT2D eigenvalue weighted by atomic mass is 32.2. The molecule has 0 aromatic heterocycles. The number of fused-ring (bicyclic) bond motifs is 1. The number of nitriles is 1. The van der Waals surface area contributed by atoms with Crippen LogP contribution in [-0.4, -0.2) is 16.0 Å². The first-order valence-corrected chi connectivity index (χ1v) is 7.23. The summed E-state index contributed by atoms with van der Waals surface area (Å²) in [6.07, 6.45) is 0.367. The van der Waals surface area contributed by atoms with Gasteiger partial charge < -0.3 is 0 Å². The first-order chi connectivity index (χ1) is 10.2. The molecule has 2 aromatic rings. The number of benzene rings is 2. The van der Waals surface area contributed by atoms with Gasteiger partial charge in [-0.3, -0.25) is 4.79 Å². The van der Waals surface area contributed by atoms with E-state index in [4.69, 9.17) is 5.26 Å². The molecule has 0 radical (unpaired) electrons. The molecule has 1 atom stereocenters. The predicted octanol–water partition coefficient (Wildman–Crippen LogP) is 3.15. The molecule has 1 unspecified atom stereocenters. The van der Waals surface area contributed by atoms with Crippen molar-refractivity contribution in [3.63, 3.8) is 0 Å². The molecule has 0 spiro atoms. The number of nitrogens with zero attached hydrogens (tertiary/aromatic N) is 2. The first-order valence-electron chi connectivity index (χ1n) is 6.45. The number of rotatable bonds is 2. The van der Waals surface area contributed by atoms with E-state index in [0.717, 1.165) is 21.7 Å². The molecule has 0 fully saturated rings. The Kier molecular flexibility index (Phi) is 3.55. The van der Waals surface area contributed by atoms with Crippen molar-refractivity contribution in [1.82, 2.24) is 0 Å². The summed E-state index contributed by atoms with van der Waals surface area (Å²) in [6.45, 7) is 0. The van der Waals surface area contributed by atoms with Crippen LogP contribution in [0.1, 0.15) is 21.5 Å². The van der Waals surface area contributed by atoms with Gasteiger partial charge >= 0.3 is 0 Å². The Hall–Kier alpha value is -2.45. The van der Waals surface area contributed by atoms with Crippen LogP contribution in [0, 0.1) is 16.2 Å². The molecule has 0 bridgehead atoms. The van der Waals surface area contributed by atoms with Crippen molar-refractivity contribution < 1.29 is 8.96 Å². The topological polar surface area (TPSA) is 60.9 Å². The van der Waals surface area contributed by atoms with Gasteiger partial charge in [-0.25, -0.2) is 0 Å². The highest BCUT2D eigenvalue weighted by Crippen LogP contribution is 2.33. The average Bonchev–Trinajstić information content (AvgIpc) is 2.52. The zero-order valence-corrected chi connectivity index (χ0v) is 11.8. The number of nitroso groups, excluding NO2 is 1. The SMILES string of the molecule is N#Cc1ccc2c(c1)C(=O)C(Cc1ccccc1)[N+](=O)S2. The second-order valence-corrected chi connectivity index (χ2v) is 5.75. The molecule has 0 saturated heterocycles. The lowest BCUT2D eigenvalue weighted by atomic mass is 9.97. The third kappa shape index (κ3) is 2.58. The molecule has 0 aliphatic carbocycles. The van der Waals surface area contributed by atoms with E-state index in [0.29, 0.717) is 22.4 Å². The van der Waals surface area contributed by atoms with Crippen molar-refractivity contribution in [2.75, 3.05) is 0 Å². The van der Waals surface area contributed by atoms with Crippen LogP contribution in [0.5, 0.6) is 0 Å². The van der Waals surface area contributed by atoms with E-state index in [2.05, 4.69) is 0 Å². The Bertz CT molecular complexity index is 766. The van der Waals surface area contributed by atoms with E-state index in [1.165, 1.54) is 0 Å². The highest BCUT2D eigenvalue weighted by Gasteiger charge is 2.42. The van der Waals surface area contributed by atoms with Gasteiger partial charge in [0.15, 0.2) is 0 Å². The van der Waals surface area contributed by atoms with Gasteiger partial charge in [0, 0.05) is 16.9 Å². The quantitative estimate of drug-likeness (QED) is 0.630. The van der Waals surface area contributed by atoms with Crippen LogP contribution in [-0.2, 0) is 6.42 Å². The van der Waals surface area contributed by atoms with Crippen LogP contribution in [0.4, 0.5) is 0 Å². The standard InChI is InChI=1S/C16H11N2O2S/c17-10-12-6-7-15-13(8-12)16(19)14(18(20)21-15)9-11-4-2-1-3-5-11/h1-8,14H,9H2/q+1. The van der Waals surface area contributed by atoms with Gasteiger partial charge in [-0.2, -0.15) is 5.26 Å². The number of carbonyl (C=O) groups excluding carboxylic acids is 1. The fourth-order valence-corrected chi connectivity index (χ4v) is 3.19. The number of Topliss-reactive ketones (excluding diaryl/α,β-unsaturated/α-hetero) is 1. The first kappa shape index (κ1) is 13.5. The van der Waals surface area contributed by atoms with Crippen LogP contribution in [0.15, 0.2) is 53.4 Å². The molecular weight excluding hydrogens is 284 g/mol. The molecule has 1 aliphatic rings. The smallest absolute Gasteiger partial charge is 0.283 e. The number of hydrogen-bond acceptors (Lipinski definition) is 4. The third-order valence-corrected chi connectivity index (χ3v) is 4.38. The lowest BCUT2D eigenvalue weighted by Crippen LogP contribution is -2.35. The maximum Gasteiger partial charge on any atom is 0.283 e. The monoisotopic (exact) mass is 295 g/mol. The summed E-state index contributed by atoms with van der Waals surface area (Å²) < 4.78 is 0.754. The van der Waals surface area contributed by atoms with Crippen LogP contribution < -0.4 is 0 Å². The van der Waals surface area contributed by atoms with Gasteiger partial charge in [-0.15, -0.1) is 0 Å². The van der Waals surface area contributed by atoms with Crippen molar-refractivity contribution in [3.05, 3.63) is 70.1 Å². The molecule has 21 heavy (non-hydrogen) atoms. The molecule has 102 valence electrons. The van der Waals surface area contributed by atoms with E-state index < -0.39 is 6.04 Å². The van der Waals surface area contributed by atoms with Crippen molar-refractivity contribution in [2.24, 2.45) is 0 Å². The molecule has 1 heterocycles. The van der Waals surface area contributed by atoms with E-state index in [-0.39, 0.29) is 5.78 Å². The number of carbonyl (C=O) groups is 1. The summed E-state index contributed by atoms with van der Waals surface area (Å²) in [7, 11) is 0. The summed E-state index contributed by atoms with van der Waals surface area (Å²) >= 11 is 1.01. The van der Waals surface area contributed by atoms with Crippen molar-refractivity contribution in [1.29, 1.82) is 5.26 Å². The minimum atomic E-state index is -0.751. The fraction of sp³-hybridized carbons (Fsp3) is 0.125. The van der Waals surface area contributed by atoms with Crippen LogP contribution >= 0.6 is 11.9 Å². The fourth-order valence-electron chi connectivity index (χ4n) is 2.31. The van der Waals surface area contributed by atoms with E-state index in [1.54, 1.807) is 18.2 Å². The largest absolute Gasteiger partial charge is 0.286 e. The zero-order chi connectivity index (χ0) is 14.8. The average molecular weight is 295 g/mol. The van der Waals surface area contributed by atoms with Crippen LogP contribution in [0.2, 0.25) is 0 Å². The lowest BCUT2D eigenvalue weighted by molar-refractivity contribution is -0.402. The summed E-state index contributed by atoms with van der Waals surface area (Å²) in [6, 6.07) is 15.6. The van der Waals surface area contributed by atoms with Crippen LogP contribution in [0.3, 0.4) is 0 Å². The maximum atomic E-state index is 12.5. The predicted molar refractivity (Wildman–Crippen MR) is 78.9 cm³/mol. The summed E-state index contributed by atoms with van der Waals surface area (Å²) in [5.74, 6) is -0.222. The van der Waals surface area contributed by atoms with Gasteiger partial charge in [0.2, 0.25) is 5.78 Å². The minimum absolute atomic E-state index is 0.222. The Balaban J connectivity index is 1.95. The second-order valence-electron chi connectivity index (χ2n) is 4.77. The maximum absolute atomic E-state index is 12.5. The van der Waals surface area contributed by atoms with E-state index >= 15 is 0 Å². The van der Waals surface area contributed by atoms with Gasteiger partial charge in [0.25, 0.3) is 18.0 Å². The van der Waals surface area contributed by atoms with Crippen LogP contribution in [0.25, 0.3) is 0 Å². The van der Waals surface area contributed by atoms with Crippen molar-refractivity contribution in [3.8, 4) is 6.07 Å². The van der Waals surface area contributed by atoms with Gasteiger partial charge in [0.1, 0.15) is 0 Å². The summed E-state index contributed by atoms with van der Waals surface area (Å²) in [5.41, 5.74) is 1.84. The second kappa shape index (κ2) is 5.51. The molecule has 2 aromatic carbocycles.